The van der Waals surface area contributed by atoms with Gasteiger partial charge in [-0.25, -0.2) is 18.6 Å². The molecule has 2 aliphatic heterocycles. The van der Waals surface area contributed by atoms with Crippen LogP contribution >= 0.6 is 0 Å². The molecule has 0 aliphatic carbocycles. The molecule has 0 spiro atoms. The van der Waals surface area contributed by atoms with E-state index in [-0.39, 0.29) is 30.6 Å². The number of rotatable bonds is 2. The Morgan fingerprint density at radius 1 is 1.21 bits per heavy atom. The van der Waals surface area contributed by atoms with E-state index in [1.165, 1.54) is 4.90 Å². The molecule has 6 nitrogen and oxygen atoms in total. The van der Waals surface area contributed by atoms with Crippen molar-refractivity contribution in [2.45, 2.75) is 39.8 Å². The first kappa shape index (κ1) is 16.6. The maximum absolute atomic E-state index is 13.1. The number of likely N-dealkylation sites (tertiary alicyclic amines) is 1. The Morgan fingerprint density at radius 2 is 1.92 bits per heavy atom. The maximum atomic E-state index is 13.1. The van der Waals surface area contributed by atoms with Crippen molar-refractivity contribution in [3.05, 3.63) is 28.1 Å². The number of amides is 2. The zero-order chi connectivity index (χ0) is 17.6. The first-order chi connectivity index (χ1) is 11.3. The number of carbonyl (C=O) groups is 2. The standard InChI is InChI=1S/C16H19F2N3O3/c1-8-9(2)13(14(17)18)19-12-7-21(6-11(8)12)15(22)10-3-4-20(5-10)16(23)24/h10,14H,3-7H2,1-2H3,(H,23,24)/t10-/m1/s1. The Morgan fingerprint density at radius 3 is 2.50 bits per heavy atom. The molecule has 1 atom stereocenters. The molecule has 0 radical (unpaired) electrons. The van der Waals surface area contributed by atoms with Crippen molar-refractivity contribution in [3.8, 4) is 0 Å². The fourth-order valence-electron chi connectivity index (χ4n) is 3.46. The van der Waals surface area contributed by atoms with Gasteiger partial charge in [-0.05, 0) is 37.0 Å². The second kappa shape index (κ2) is 5.99. The summed E-state index contributed by atoms with van der Waals surface area (Å²) in [6.45, 7) is 4.49. The van der Waals surface area contributed by atoms with Crippen molar-refractivity contribution in [3.63, 3.8) is 0 Å². The predicted octanol–water partition coefficient (Wildman–Crippen LogP) is 2.48. The lowest BCUT2D eigenvalue weighted by molar-refractivity contribution is -0.135. The van der Waals surface area contributed by atoms with Gasteiger partial charge in [0.05, 0.1) is 18.2 Å². The third kappa shape index (κ3) is 2.70. The smallest absolute Gasteiger partial charge is 0.407 e. The molecule has 0 unspecified atom stereocenters. The van der Waals surface area contributed by atoms with Crippen LogP contribution in [0.5, 0.6) is 0 Å². The molecule has 8 heteroatoms. The second-order valence-electron chi connectivity index (χ2n) is 6.38. The van der Waals surface area contributed by atoms with E-state index < -0.39 is 12.5 Å². The minimum absolute atomic E-state index is 0.132. The monoisotopic (exact) mass is 339 g/mol. The summed E-state index contributed by atoms with van der Waals surface area (Å²) in [7, 11) is 0. The molecule has 0 aromatic carbocycles. The lowest BCUT2D eigenvalue weighted by Gasteiger charge is -2.19. The number of fused-ring (bicyclic) bond motifs is 1. The number of pyridine rings is 1. The van der Waals surface area contributed by atoms with Gasteiger partial charge >= 0.3 is 6.09 Å². The van der Waals surface area contributed by atoms with Crippen molar-refractivity contribution < 1.29 is 23.5 Å². The molecule has 2 aliphatic rings. The van der Waals surface area contributed by atoms with E-state index in [2.05, 4.69) is 4.98 Å². The van der Waals surface area contributed by atoms with Crippen LogP contribution in [0, 0.1) is 19.8 Å². The van der Waals surface area contributed by atoms with Crippen LogP contribution in [-0.4, -0.2) is 45.0 Å². The quantitative estimate of drug-likeness (QED) is 0.898. The zero-order valence-corrected chi connectivity index (χ0v) is 13.6. The fourth-order valence-corrected chi connectivity index (χ4v) is 3.46. The molecule has 2 amide bonds. The van der Waals surface area contributed by atoms with Gasteiger partial charge < -0.3 is 14.9 Å². The summed E-state index contributed by atoms with van der Waals surface area (Å²) in [5, 5.41) is 8.99. The van der Waals surface area contributed by atoms with Crippen LogP contribution in [0.3, 0.4) is 0 Å². The lowest BCUT2D eigenvalue weighted by atomic mass is 10.0. The summed E-state index contributed by atoms with van der Waals surface area (Å²) in [6.07, 6.45) is -3.17. The van der Waals surface area contributed by atoms with Crippen LogP contribution in [0.2, 0.25) is 0 Å². The van der Waals surface area contributed by atoms with Gasteiger partial charge in [0.25, 0.3) is 6.43 Å². The van der Waals surface area contributed by atoms with Gasteiger partial charge in [0.15, 0.2) is 0 Å². The van der Waals surface area contributed by atoms with Gasteiger partial charge in [0.2, 0.25) is 5.91 Å². The molecule has 3 rings (SSSR count). The lowest BCUT2D eigenvalue weighted by Crippen LogP contribution is -2.35. The van der Waals surface area contributed by atoms with E-state index in [1.54, 1.807) is 18.7 Å². The number of nitrogens with zero attached hydrogens (tertiary/aromatic N) is 3. The molecule has 0 saturated carbocycles. The zero-order valence-electron chi connectivity index (χ0n) is 13.6. The second-order valence-corrected chi connectivity index (χ2v) is 6.38. The van der Waals surface area contributed by atoms with E-state index in [0.717, 1.165) is 11.1 Å². The van der Waals surface area contributed by atoms with Crippen LogP contribution in [0.15, 0.2) is 0 Å². The van der Waals surface area contributed by atoms with Crippen LogP contribution in [0.1, 0.15) is 40.9 Å². The topological polar surface area (TPSA) is 73.7 Å². The van der Waals surface area contributed by atoms with E-state index in [9.17, 15) is 18.4 Å². The summed E-state index contributed by atoms with van der Waals surface area (Å²) >= 11 is 0. The molecule has 1 N–H and O–H groups in total. The average Bonchev–Trinajstić information content (AvgIpc) is 3.16. The number of carbonyl (C=O) groups excluding carboxylic acids is 1. The molecule has 0 bridgehead atoms. The number of aromatic nitrogens is 1. The van der Waals surface area contributed by atoms with Crippen LogP contribution in [-0.2, 0) is 17.9 Å². The summed E-state index contributed by atoms with van der Waals surface area (Å²) in [5.74, 6) is -0.501. The number of alkyl halides is 2. The van der Waals surface area contributed by atoms with Crippen LogP contribution in [0.4, 0.5) is 13.6 Å². The molecular weight excluding hydrogens is 320 g/mol. The van der Waals surface area contributed by atoms with Crippen LogP contribution < -0.4 is 0 Å². The van der Waals surface area contributed by atoms with Gasteiger partial charge in [0.1, 0.15) is 5.69 Å². The highest BCUT2D eigenvalue weighted by molar-refractivity contribution is 5.81. The van der Waals surface area contributed by atoms with Gasteiger partial charge in [-0.15, -0.1) is 0 Å². The fraction of sp³-hybridized carbons (Fsp3) is 0.562. The first-order valence-corrected chi connectivity index (χ1v) is 7.83. The highest BCUT2D eigenvalue weighted by Gasteiger charge is 2.36. The normalized spacial score (nSPS) is 20.0. The van der Waals surface area contributed by atoms with Crippen molar-refractivity contribution >= 4 is 12.0 Å². The Hall–Kier alpha value is -2.25. The van der Waals surface area contributed by atoms with Crippen molar-refractivity contribution in [2.24, 2.45) is 5.92 Å². The Labute approximate surface area is 138 Å². The third-order valence-corrected chi connectivity index (χ3v) is 5.02. The number of hydrogen-bond donors (Lipinski definition) is 1. The number of hydrogen-bond acceptors (Lipinski definition) is 3. The highest BCUT2D eigenvalue weighted by Crippen LogP contribution is 2.33. The molecule has 1 aromatic rings. The average molecular weight is 339 g/mol. The summed E-state index contributed by atoms with van der Waals surface area (Å²) < 4.78 is 26.2. The first-order valence-electron chi connectivity index (χ1n) is 7.83. The Kier molecular flexibility index (Phi) is 4.15. The highest BCUT2D eigenvalue weighted by atomic mass is 19.3. The molecular formula is C16H19F2N3O3. The van der Waals surface area contributed by atoms with E-state index in [1.807, 2.05) is 0 Å². The number of halogens is 2. The molecule has 24 heavy (non-hydrogen) atoms. The third-order valence-electron chi connectivity index (χ3n) is 5.02. The molecule has 1 fully saturated rings. The SMILES string of the molecule is Cc1c(C(F)F)nc2c(c1C)CN(C(=O)[C@@H]1CCN(C(=O)O)C1)C2. The molecule has 130 valence electrons. The van der Waals surface area contributed by atoms with Gasteiger partial charge in [-0.1, -0.05) is 0 Å². The molecule has 1 saturated heterocycles. The van der Waals surface area contributed by atoms with Gasteiger partial charge in [-0.3, -0.25) is 4.79 Å². The van der Waals surface area contributed by atoms with Crippen molar-refractivity contribution in [2.75, 3.05) is 13.1 Å². The largest absolute Gasteiger partial charge is 0.465 e. The Bertz CT molecular complexity index is 708. The Balaban J connectivity index is 1.78. The van der Waals surface area contributed by atoms with Gasteiger partial charge in [-0.2, -0.15) is 0 Å². The van der Waals surface area contributed by atoms with E-state index in [4.69, 9.17) is 5.11 Å². The summed E-state index contributed by atoms with van der Waals surface area (Å²) in [5.41, 5.74) is 2.35. The van der Waals surface area contributed by atoms with Crippen LogP contribution in [0.25, 0.3) is 0 Å². The minimum atomic E-state index is -2.64. The molecule has 1 aromatic heterocycles. The van der Waals surface area contributed by atoms with Gasteiger partial charge in [0, 0.05) is 19.6 Å². The van der Waals surface area contributed by atoms with Crippen molar-refractivity contribution in [1.82, 2.24) is 14.8 Å². The van der Waals surface area contributed by atoms with E-state index in [0.29, 0.717) is 30.8 Å². The number of carboxylic acid groups (broad SMARTS) is 1. The van der Waals surface area contributed by atoms with E-state index >= 15 is 0 Å². The molecule has 3 heterocycles. The van der Waals surface area contributed by atoms with Crippen molar-refractivity contribution in [1.29, 1.82) is 0 Å². The maximum Gasteiger partial charge on any atom is 0.407 e. The summed E-state index contributed by atoms with van der Waals surface area (Å²) in [4.78, 5) is 30.5. The minimum Gasteiger partial charge on any atom is -0.465 e. The predicted molar refractivity (Wildman–Crippen MR) is 80.6 cm³/mol. The summed E-state index contributed by atoms with van der Waals surface area (Å²) in [6, 6.07) is 0.